The molecular weight excluding hydrogens is 532 g/mol. The number of nitrogens with zero attached hydrogens (tertiary/aromatic N) is 3. The highest BCUT2D eigenvalue weighted by molar-refractivity contribution is 9.10. The van der Waals surface area contributed by atoms with Crippen molar-refractivity contribution in [3.8, 4) is 29.3 Å². The molecule has 0 amide bonds. The number of nitrogens with one attached hydrogen (secondary N) is 1. The monoisotopic (exact) mass is 550 g/mol. The summed E-state index contributed by atoms with van der Waals surface area (Å²) in [6.07, 6.45) is 0.660. The van der Waals surface area contributed by atoms with Gasteiger partial charge in [0.2, 0.25) is 5.95 Å². The highest BCUT2D eigenvalue weighted by atomic mass is 79.9. The molecule has 0 unspecified atom stereocenters. The first kappa shape index (κ1) is 24.6. The average Bonchev–Trinajstić information content (AvgIpc) is 2.89. The van der Waals surface area contributed by atoms with E-state index in [-0.39, 0.29) is 23.7 Å². The standard InChI is InChI=1S/C25H19BrN4O6/c1-33-19-7-9-20(10-8-19)35-24-28-23(27-18-5-3-4-15(13-18)22(32)34-2)29-25(30-24)36-21-11-6-17(26)12-16(21)14-31/h3-14H,1-2H3,(H,27,28,29,30). The number of halogens is 1. The summed E-state index contributed by atoms with van der Waals surface area (Å²) in [6, 6.07) is 18.2. The predicted molar refractivity (Wildman–Crippen MR) is 134 cm³/mol. The fourth-order valence-electron chi connectivity index (χ4n) is 3.01. The highest BCUT2D eigenvalue weighted by Crippen LogP contribution is 2.29. The molecule has 36 heavy (non-hydrogen) atoms. The highest BCUT2D eigenvalue weighted by Gasteiger charge is 2.14. The van der Waals surface area contributed by atoms with Crippen LogP contribution in [-0.2, 0) is 4.74 Å². The molecule has 0 bridgehead atoms. The molecule has 0 aliphatic rings. The van der Waals surface area contributed by atoms with Gasteiger partial charge in [0.25, 0.3) is 0 Å². The SMILES string of the molecule is COC(=O)c1cccc(Nc2nc(Oc3ccc(OC)cc3)nc(Oc3ccc(Br)cc3C=O)n2)c1. The maximum atomic E-state index is 11.9. The van der Waals surface area contributed by atoms with Crippen molar-refractivity contribution < 1.29 is 28.5 Å². The summed E-state index contributed by atoms with van der Waals surface area (Å²) in [5.41, 5.74) is 1.15. The number of rotatable bonds is 9. The molecule has 0 aliphatic heterocycles. The number of aromatic nitrogens is 3. The van der Waals surface area contributed by atoms with Gasteiger partial charge in [0, 0.05) is 10.2 Å². The largest absolute Gasteiger partial charge is 0.497 e. The molecule has 1 heterocycles. The van der Waals surface area contributed by atoms with E-state index in [2.05, 4.69) is 36.2 Å². The van der Waals surface area contributed by atoms with Crippen molar-refractivity contribution in [2.45, 2.75) is 0 Å². The molecule has 11 heteroatoms. The molecule has 10 nitrogen and oxygen atoms in total. The lowest BCUT2D eigenvalue weighted by Gasteiger charge is -2.12. The van der Waals surface area contributed by atoms with Gasteiger partial charge in [-0.2, -0.15) is 9.97 Å². The molecule has 0 radical (unpaired) electrons. The Morgan fingerprint density at radius 2 is 1.61 bits per heavy atom. The third-order valence-electron chi connectivity index (χ3n) is 4.70. The molecule has 0 saturated carbocycles. The topological polar surface area (TPSA) is 122 Å². The van der Waals surface area contributed by atoms with E-state index in [1.807, 2.05) is 0 Å². The Hall–Kier alpha value is -4.51. The minimum atomic E-state index is -0.488. The molecule has 0 spiro atoms. The summed E-state index contributed by atoms with van der Waals surface area (Å²) in [7, 11) is 2.87. The first-order valence-electron chi connectivity index (χ1n) is 10.4. The van der Waals surface area contributed by atoms with Crippen LogP contribution in [0.4, 0.5) is 11.6 Å². The summed E-state index contributed by atoms with van der Waals surface area (Å²) >= 11 is 3.32. The minimum absolute atomic E-state index is 0.0680. The van der Waals surface area contributed by atoms with Crippen LogP contribution in [0.15, 0.2) is 71.2 Å². The van der Waals surface area contributed by atoms with Crippen LogP contribution in [0.5, 0.6) is 29.3 Å². The fourth-order valence-corrected chi connectivity index (χ4v) is 3.39. The van der Waals surface area contributed by atoms with Crippen molar-refractivity contribution in [1.29, 1.82) is 0 Å². The van der Waals surface area contributed by atoms with Gasteiger partial charge >= 0.3 is 18.0 Å². The molecule has 0 aliphatic carbocycles. The van der Waals surface area contributed by atoms with Gasteiger partial charge in [-0.3, -0.25) is 4.79 Å². The van der Waals surface area contributed by atoms with E-state index in [9.17, 15) is 9.59 Å². The van der Waals surface area contributed by atoms with E-state index < -0.39 is 5.97 Å². The Kier molecular flexibility index (Phi) is 7.71. The second kappa shape index (κ2) is 11.3. The van der Waals surface area contributed by atoms with E-state index in [4.69, 9.17) is 18.9 Å². The number of ether oxygens (including phenoxy) is 4. The average molecular weight is 551 g/mol. The second-order valence-corrected chi connectivity index (χ2v) is 8.02. The summed E-state index contributed by atoms with van der Waals surface area (Å²) in [5.74, 6) is 0.942. The maximum Gasteiger partial charge on any atom is 0.337 e. The molecule has 4 aromatic rings. The zero-order chi connectivity index (χ0) is 25.5. The number of carbonyl (C=O) groups excluding carboxylic acids is 2. The molecule has 0 atom stereocenters. The number of hydrogen-bond acceptors (Lipinski definition) is 10. The molecule has 182 valence electrons. The van der Waals surface area contributed by atoms with Crippen LogP contribution >= 0.6 is 15.9 Å². The Bertz CT molecular complexity index is 1400. The van der Waals surface area contributed by atoms with Crippen molar-refractivity contribution in [3.05, 3.63) is 82.3 Å². The lowest BCUT2D eigenvalue weighted by atomic mass is 10.2. The zero-order valence-electron chi connectivity index (χ0n) is 19.1. The Balaban J connectivity index is 1.68. The maximum absolute atomic E-state index is 11.9. The van der Waals surface area contributed by atoms with E-state index in [1.165, 1.54) is 7.11 Å². The van der Waals surface area contributed by atoms with Crippen molar-refractivity contribution >= 4 is 39.8 Å². The molecular formula is C25H19BrN4O6. The van der Waals surface area contributed by atoms with Gasteiger partial charge < -0.3 is 24.3 Å². The summed E-state index contributed by atoms with van der Waals surface area (Å²) in [6.45, 7) is 0. The van der Waals surface area contributed by atoms with Crippen LogP contribution in [0.1, 0.15) is 20.7 Å². The Labute approximate surface area is 214 Å². The van der Waals surface area contributed by atoms with Gasteiger partial charge in [-0.25, -0.2) is 4.79 Å². The van der Waals surface area contributed by atoms with Crippen LogP contribution in [0.2, 0.25) is 0 Å². The second-order valence-electron chi connectivity index (χ2n) is 7.10. The van der Waals surface area contributed by atoms with E-state index in [1.54, 1.807) is 73.8 Å². The van der Waals surface area contributed by atoms with Gasteiger partial charge in [-0.05, 0) is 60.7 Å². The molecule has 0 fully saturated rings. The van der Waals surface area contributed by atoms with Gasteiger partial charge in [0.1, 0.15) is 17.2 Å². The molecule has 1 aromatic heterocycles. The summed E-state index contributed by atoms with van der Waals surface area (Å²) in [4.78, 5) is 36.2. The summed E-state index contributed by atoms with van der Waals surface area (Å²) < 4.78 is 22.2. The number of methoxy groups -OCH3 is 2. The molecule has 4 rings (SSSR count). The summed E-state index contributed by atoms with van der Waals surface area (Å²) in [5, 5.41) is 3.00. The fraction of sp³-hybridized carbons (Fsp3) is 0.0800. The number of esters is 1. The normalized spacial score (nSPS) is 10.3. The van der Waals surface area contributed by atoms with E-state index >= 15 is 0 Å². The number of aldehydes is 1. The van der Waals surface area contributed by atoms with Gasteiger partial charge in [0.05, 0.1) is 25.3 Å². The molecule has 0 saturated heterocycles. The van der Waals surface area contributed by atoms with Gasteiger partial charge in [-0.15, -0.1) is 4.98 Å². The number of benzene rings is 3. The lowest BCUT2D eigenvalue weighted by molar-refractivity contribution is 0.0600. The minimum Gasteiger partial charge on any atom is -0.497 e. The molecule has 3 aromatic carbocycles. The molecule has 1 N–H and O–H groups in total. The number of hydrogen-bond donors (Lipinski definition) is 1. The van der Waals surface area contributed by atoms with Crippen molar-refractivity contribution in [3.63, 3.8) is 0 Å². The smallest absolute Gasteiger partial charge is 0.337 e. The van der Waals surface area contributed by atoms with Crippen molar-refractivity contribution in [2.24, 2.45) is 0 Å². The predicted octanol–water partition coefficient (Wildman–Crippen LogP) is 5.57. The Morgan fingerprint density at radius 1 is 0.889 bits per heavy atom. The van der Waals surface area contributed by atoms with E-state index in [0.29, 0.717) is 39.1 Å². The van der Waals surface area contributed by atoms with Crippen LogP contribution in [-0.4, -0.2) is 41.4 Å². The van der Waals surface area contributed by atoms with Crippen LogP contribution in [0.3, 0.4) is 0 Å². The first-order chi connectivity index (χ1) is 17.5. The van der Waals surface area contributed by atoms with Crippen LogP contribution < -0.4 is 19.5 Å². The Morgan fingerprint density at radius 3 is 2.31 bits per heavy atom. The lowest BCUT2D eigenvalue weighted by Crippen LogP contribution is -2.05. The van der Waals surface area contributed by atoms with Crippen LogP contribution in [0.25, 0.3) is 0 Å². The number of anilines is 2. The zero-order valence-corrected chi connectivity index (χ0v) is 20.7. The van der Waals surface area contributed by atoms with E-state index in [0.717, 1.165) is 0 Å². The quantitative estimate of drug-likeness (QED) is 0.209. The van der Waals surface area contributed by atoms with Crippen molar-refractivity contribution in [1.82, 2.24) is 15.0 Å². The van der Waals surface area contributed by atoms with Crippen molar-refractivity contribution in [2.75, 3.05) is 19.5 Å². The van der Waals surface area contributed by atoms with Gasteiger partial charge in [-0.1, -0.05) is 22.0 Å². The first-order valence-corrected chi connectivity index (χ1v) is 11.2. The number of carbonyl (C=O) groups is 2. The third kappa shape index (κ3) is 6.13. The van der Waals surface area contributed by atoms with Crippen LogP contribution in [0, 0.1) is 0 Å². The van der Waals surface area contributed by atoms with Gasteiger partial charge in [0.15, 0.2) is 6.29 Å². The third-order valence-corrected chi connectivity index (χ3v) is 5.20.